The molecular weight excluding hydrogens is 294 g/mol. The fourth-order valence-electron chi connectivity index (χ4n) is 1.69. The molecule has 0 aliphatic carbocycles. The predicted molar refractivity (Wildman–Crippen MR) is 82.0 cm³/mol. The van der Waals surface area contributed by atoms with Crippen molar-refractivity contribution in [2.45, 2.75) is 38.1 Å². The van der Waals surface area contributed by atoms with E-state index in [0.717, 1.165) is 6.42 Å². The summed E-state index contributed by atoms with van der Waals surface area (Å²) in [5.74, 6) is 0. The molecule has 0 aliphatic heterocycles. The van der Waals surface area contributed by atoms with Crippen LogP contribution in [-0.4, -0.2) is 37.3 Å². The first-order valence-electron chi connectivity index (χ1n) is 6.72. The minimum atomic E-state index is -3.69. The van der Waals surface area contributed by atoms with E-state index in [0.29, 0.717) is 6.54 Å². The number of benzene rings is 1. The SMILES string of the molecule is CCCNc1cc([N+](=O)[O-])ccc1S(=O)(=O)N(C)C(C)C. The molecule has 0 spiro atoms. The largest absolute Gasteiger partial charge is 0.384 e. The number of rotatable bonds is 7. The number of hydrogen-bond acceptors (Lipinski definition) is 5. The van der Waals surface area contributed by atoms with Crippen LogP contribution in [-0.2, 0) is 10.0 Å². The summed E-state index contributed by atoms with van der Waals surface area (Å²) in [4.78, 5) is 10.4. The first-order valence-corrected chi connectivity index (χ1v) is 8.16. The Morgan fingerprint density at radius 2 is 2.00 bits per heavy atom. The van der Waals surface area contributed by atoms with Gasteiger partial charge < -0.3 is 5.32 Å². The minimum Gasteiger partial charge on any atom is -0.384 e. The van der Waals surface area contributed by atoms with Crippen molar-refractivity contribution in [2.24, 2.45) is 0 Å². The molecule has 7 nitrogen and oxygen atoms in total. The molecule has 0 aliphatic rings. The van der Waals surface area contributed by atoms with Gasteiger partial charge in [-0.1, -0.05) is 6.92 Å². The lowest BCUT2D eigenvalue weighted by atomic mass is 10.2. The van der Waals surface area contributed by atoms with Crippen molar-refractivity contribution in [3.63, 3.8) is 0 Å². The van der Waals surface area contributed by atoms with Crippen LogP contribution >= 0.6 is 0 Å². The van der Waals surface area contributed by atoms with Crippen LogP contribution in [0.4, 0.5) is 11.4 Å². The Labute approximate surface area is 125 Å². The Hall–Kier alpha value is -1.67. The molecule has 0 saturated carbocycles. The average Bonchev–Trinajstić information content (AvgIpc) is 2.43. The molecule has 1 aromatic carbocycles. The molecule has 0 saturated heterocycles. The van der Waals surface area contributed by atoms with Crippen molar-refractivity contribution in [1.82, 2.24) is 4.31 Å². The third-order valence-corrected chi connectivity index (χ3v) is 5.22. The second-order valence-electron chi connectivity index (χ2n) is 4.98. The summed E-state index contributed by atoms with van der Waals surface area (Å²) in [5.41, 5.74) is 0.123. The van der Waals surface area contributed by atoms with Crippen LogP contribution in [0.15, 0.2) is 23.1 Å². The molecule has 118 valence electrons. The third kappa shape index (κ3) is 3.92. The fraction of sp³-hybridized carbons (Fsp3) is 0.538. The maximum absolute atomic E-state index is 12.6. The summed E-state index contributed by atoms with van der Waals surface area (Å²) >= 11 is 0. The lowest BCUT2D eigenvalue weighted by molar-refractivity contribution is -0.384. The third-order valence-electron chi connectivity index (χ3n) is 3.12. The molecule has 1 rings (SSSR count). The summed E-state index contributed by atoms with van der Waals surface area (Å²) in [6, 6.07) is 3.54. The summed E-state index contributed by atoms with van der Waals surface area (Å²) in [6.45, 7) is 6.00. The number of nitro benzene ring substituents is 1. The summed E-state index contributed by atoms with van der Waals surface area (Å²) in [6.07, 6.45) is 0.780. The van der Waals surface area contributed by atoms with E-state index in [1.165, 1.54) is 29.6 Å². The molecule has 0 atom stereocenters. The molecular formula is C13H21N3O4S. The number of nitrogens with zero attached hydrogens (tertiary/aromatic N) is 2. The van der Waals surface area contributed by atoms with Crippen molar-refractivity contribution >= 4 is 21.4 Å². The average molecular weight is 315 g/mol. The van der Waals surface area contributed by atoms with E-state index in [1.54, 1.807) is 13.8 Å². The van der Waals surface area contributed by atoms with E-state index < -0.39 is 14.9 Å². The van der Waals surface area contributed by atoms with Gasteiger partial charge in [0.2, 0.25) is 10.0 Å². The number of hydrogen-bond donors (Lipinski definition) is 1. The standard InChI is InChI=1S/C13H21N3O4S/c1-5-8-14-12-9-11(16(17)18)6-7-13(12)21(19,20)15(4)10(2)3/h6-7,9-10,14H,5,8H2,1-4H3. The van der Waals surface area contributed by atoms with Gasteiger partial charge in [0.05, 0.1) is 10.6 Å². The van der Waals surface area contributed by atoms with Crippen molar-refractivity contribution in [3.05, 3.63) is 28.3 Å². The van der Waals surface area contributed by atoms with Crippen LogP contribution in [0.2, 0.25) is 0 Å². The van der Waals surface area contributed by atoms with Gasteiger partial charge in [-0.25, -0.2) is 8.42 Å². The minimum absolute atomic E-state index is 0.0535. The Bertz CT molecular complexity index is 614. The van der Waals surface area contributed by atoms with Crippen LogP contribution in [0, 0.1) is 10.1 Å². The highest BCUT2D eigenvalue weighted by atomic mass is 32.2. The molecule has 21 heavy (non-hydrogen) atoms. The van der Waals surface area contributed by atoms with Gasteiger partial charge in [-0.15, -0.1) is 0 Å². The van der Waals surface area contributed by atoms with Gasteiger partial charge in [-0.2, -0.15) is 4.31 Å². The highest BCUT2D eigenvalue weighted by Crippen LogP contribution is 2.29. The van der Waals surface area contributed by atoms with Crippen molar-refractivity contribution in [1.29, 1.82) is 0 Å². The Kier molecular flexibility index (Phi) is 5.68. The molecule has 0 bridgehead atoms. The number of nitro groups is 1. The first-order chi connectivity index (χ1) is 9.71. The molecule has 0 fully saturated rings. The Morgan fingerprint density at radius 3 is 2.48 bits per heavy atom. The van der Waals surface area contributed by atoms with Gasteiger partial charge in [0, 0.05) is 31.8 Å². The van der Waals surface area contributed by atoms with Crippen LogP contribution < -0.4 is 5.32 Å². The first kappa shape index (κ1) is 17.4. The highest BCUT2D eigenvalue weighted by molar-refractivity contribution is 7.89. The lowest BCUT2D eigenvalue weighted by Crippen LogP contribution is -2.33. The van der Waals surface area contributed by atoms with E-state index in [9.17, 15) is 18.5 Å². The van der Waals surface area contributed by atoms with Gasteiger partial charge in [-0.05, 0) is 26.3 Å². The van der Waals surface area contributed by atoms with E-state index in [-0.39, 0.29) is 22.3 Å². The smallest absolute Gasteiger partial charge is 0.271 e. The predicted octanol–water partition coefficient (Wildman–Crippen LogP) is 2.45. The van der Waals surface area contributed by atoms with Crippen LogP contribution in [0.1, 0.15) is 27.2 Å². The second-order valence-corrected chi connectivity index (χ2v) is 6.95. The van der Waals surface area contributed by atoms with Gasteiger partial charge in [0.15, 0.2) is 0 Å². The number of non-ortho nitro benzene ring substituents is 1. The van der Waals surface area contributed by atoms with Gasteiger partial charge in [-0.3, -0.25) is 10.1 Å². The maximum Gasteiger partial charge on any atom is 0.271 e. The Balaban J connectivity index is 3.37. The van der Waals surface area contributed by atoms with Crippen molar-refractivity contribution < 1.29 is 13.3 Å². The monoisotopic (exact) mass is 315 g/mol. The van der Waals surface area contributed by atoms with Crippen LogP contribution in [0.5, 0.6) is 0 Å². The zero-order valence-corrected chi connectivity index (χ0v) is 13.5. The van der Waals surface area contributed by atoms with E-state index >= 15 is 0 Å². The molecule has 1 aromatic rings. The van der Waals surface area contributed by atoms with Crippen LogP contribution in [0.3, 0.4) is 0 Å². The van der Waals surface area contributed by atoms with E-state index in [4.69, 9.17) is 0 Å². The molecule has 0 radical (unpaired) electrons. The molecule has 0 heterocycles. The summed E-state index contributed by atoms with van der Waals surface area (Å²) < 4.78 is 26.4. The van der Waals surface area contributed by atoms with Gasteiger partial charge in [0.1, 0.15) is 4.90 Å². The number of sulfonamides is 1. The van der Waals surface area contributed by atoms with E-state index in [1.807, 2.05) is 6.92 Å². The summed E-state index contributed by atoms with van der Waals surface area (Å²) in [5, 5.41) is 13.8. The normalized spacial score (nSPS) is 11.9. The van der Waals surface area contributed by atoms with Gasteiger partial charge in [0.25, 0.3) is 5.69 Å². The molecule has 8 heteroatoms. The second kappa shape index (κ2) is 6.86. The molecule has 1 N–H and O–H groups in total. The van der Waals surface area contributed by atoms with Crippen LogP contribution in [0.25, 0.3) is 0 Å². The summed E-state index contributed by atoms with van der Waals surface area (Å²) in [7, 11) is -2.20. The zero-order chi connectivity index (χ0) is 16.2. The number of anilines is 1. The van der Waals surface area contributed by atoms with Gasteiger partial charge >= 0.3 is 0 Å². The highest BCUT2D eigenvalue weighted by Gasteiger charge is 2.27. The molecule has 0 amide bonds. The maximum atomic E-state index is 12.6. The number of nitrogens with one attached hydrogen (secondary N) is 1. The quantitative estimate of drug-likeness (QED) is 0.616. The molecule has 0 aromatic heterocycles. The topological polar surface area (TPSA) is 92.5 Å². The molecule has 0 unspecified atom stereocenters. The van der Waals surface area contributed by atoms with Crippen molar-refractivity contribution in [3.8, 4) is 0 Å². The lowest BCUT2D eigenvalue weighted by Gasteiger charge is -2.22. The zero-order valence-electron chi connectivity index (χ0n) is 12.7. The van der Waals surface area contributed by atoms with Crippen molar-refractivity contribution in [2.75, 3.05) is 18.9 Å². The fourth-order valence-corrected chi connectivity index (χ4v) is 3.20. The van der Waals surface area contributed by atoms with E-state index in [2.05, 4.69) is 5.32 Å². The Morgan fingerprint density at radius 1 is 1.38 bits per heavy atom.